The normalized spacial score (nSPS) is 14.5. The van der Waals surface area contributed by atoms with Crippen LogP contribution in [-0.2, 0) is 25.9 Å². The highest BCUT2D eigenvalue weighted by atomic mass is 32.1. The summed E-state index contributed by atoms with van der Waals surface area (Å²) in [5.41, 5.74) is 4.95. The summed E-state index contributed by atoms with van der Waals surface area (Å²) in [7, 11) is 0. The van der Waals surface area contributed by atoms with E-state index < -0.39 is 0 Å². The van der Waals surface area contributed by atoms with E-state index in [0.717, 1.165) is 38.3 Å². The maximum Gasteiger partial charge on any atom is 0.125 e. The van der Waals surface area contributed by atoms with Crippen LogP contribution >= 0.6 is 11.3 Å². The molecule has 2 aromatic heterocycles. The van der Waals surface area contributed by atoms with Gasteiger partial charge in [-0.15, -0.1) is 11.3 Å². The van der Waals surface area contributed by atoms with Crippen molar-refractivity contribution in [3.63, 3.8) is 0 Å². The van der Waals surface area contributed by atoms with Gasteiger partial charge in [0.15, 0.2) is 0 Å². The Morgan fingerprint density at radius 3 is 2.92 bits per heavy atom. The van der Waals surface area contributed by atoms with Gasteiger partial charge in [0.2, 0.25) is 0 Å². The fourth-order valence-corrected chi connectivity index (χ4v) is 3.91. The monoisotopic (exact) mass is 336 g/mol. The van der Waals surface area contributed by atoms with E-state index in [1.54, 1.807) is 11.3 Å². The van der Waals surface area contributed by atoms with Crippen molar-refractivity contribution in [2.45, 2.75) is 32.9 Å². The predicted octanol–water partition coefficient (Wildman–Crippen LogP) is 3.39. The Hall–Kier alpha value is -2.11. The second-order valence-corrected chi connectivity index (χ2v) is 7.19. The standard InChI is InChI=1S/C19H20N4S/c1-14-20-10-16-7-8-23(12-18(16)21-14)11-17-13-24-19(22-17)9-15-5-3-2-4-6-15/h2-6,10,13H,7-9,11-12H2,1H3. The molecule has 1 aliphatic heterocycles. The lowest BCUT2D eigenvalue weighted by molar-refractivity contribution is 0.238. The summed E-state index contributed by atoms with van der Waals surface area (Å²) in [6, 6.07) is 10.5. The SMILES string of the molecule is Cc1ncc2c(n1)CN(Cc1csc(Cc3ccccc3)n1)CC2. The molecule has 0 fully saturated rings. The van der Waals surface area contributed by atoms with Crippen molar-refractivity contribution in [3.05, 3.63) is 75.3 Å². The molecule has 3 heterocycles. The molecule has 0 aliphatic carbocycles. The van der Waals surface area contributed by atoms with E-state index >= 15 is 0 Å². The fraction of sp³-hybridized carbons (Fsp3) is 0.316. The van der Waals surface area contributed by atoms with E-state index in [2.05, 4.69) is 50.6 Å². The summed E-state index contributed by atoms with van der Waals surface area (Å²) in [6.45, 7) is 4.79. The van der Waals surface area contributed by atoms with Crippen molar-refractivity contribution in [2.75, 3.05) is 6.54 Å². The second kappa shape index (κ2) is 6.79. The number of aryl methyl sites for hydroxylation is 1. The topological polar surface area (TPSA) is 41.9 Å². The Morgan fingerprint density at radius 1 is 1.17 bits per heavy atom. The third-order valence-corrected chi connectivity index (χ3v) is 5.23. The fourth-order valence-electron chi connectivity index (χ4n) is 3.09. The van der Waals surface area contributed by atoms with Crippen LogP contribution in [0.4, 0.5) is 0 Å². The van der Waals surface area contributed by atoms with Gasteiger partial charge in [0.1, 0.15) is 5.82 Å². The molecule has 0 amide bonds. The molecule has 0 spiro atoms. The van der Waals surface area contributed by atoms with Crippen molar-refractivity contribution < 1.29 is 0 Å². The van der Waals surface area contributed by atoms with Gasteiger partial charge in [0, 0.05) is 37.6 Å². The second-order valence-electron chi connectivity index (χ2n) is 6.24. The van der Waals surface area contributed by atoms with E-state index in [9.17, 15) is 0 Å². The molecule has 0 saturated heterocycles. The minimum atomic E-state index is 0.856. The molecule has 0 atom stereocenters. The zero-order valence-corrected chi connectivity index (χ0v) is 14.6. The average Bonchev–Trinajstić information content (AvgIpc) is 3.02. The summed E-state index contributed by atoms with van der Waals surface area (Å²) in [5.74, 6) is 0.856. The number of nitrogens with zero attached hydrogens (tertiary/aromatic N) is 4. The molecule has 1 aliphatic rings. The van der Waals surface area contributed by atoms with Gasteiger partial charge >= 0.3 is 0 Å². The van der Waals surface area contributed by atoms with Gasteiger partial charge in [0.05, 0.1) is 16.4 Å². The molecule has 1 aromatic carbocycles. The third-order valence-electron chi connectivity index (χ3n) is 4.33. The summed E-state index contributed by atoms with van der Waals surface area (Å²) in [5, 5.41) is 3.38. The lowest BCUT2D eigenvalue weighted by Gasteiger charge is -2.27. The van der Waals surface area contributed by atoms with Crippen LogP contribution in [0.2, 0.25) is 0 Å². The van der Waals surface area contributed by atoms with Crippen LogP contribution < -0.4 is 0 Å². The molecule has 3 aromatic rings. The summed E-state index contributed by atoms with van der Waals surface area (Å²) in [4.78, 5) is 16.1. The maximum atomic E-state index is 4.82. The molecule has 0 unspecified atom stereocenters. The van der Waals surface area contributed by atoms with Crippen molar-refractivity contribution in [1.82, 2.24) is 19.9 Å². The minimum absolute atomic E-state index is 0.856. The van der Waals surface area contributed by atoms with Gasteiger partial charge in [-0.3, -0.25) is 4.90 Å². The summed E-state index contributed by atoms with van der Waals surface area (Å²) < 4.78 is 0. The number of benzene rings is 1. The van der Waals surface area contributed by atoms with Crippen LogP contribution in [0.5, 0.6) is 0 Å². The van der Waals surface area contributed by atoms with E-state index in [4.69, 9.17) is 4.98 Å². The molecule has 0 saturated carbocycles. The highest BCUT2D eigenvalue weighted by Crippen LogP contribution is 2.20. The first-order valence-corrected chi connectivity index (χ1v) is 9.15. The first-order chi connectivity index (χ1) is 11.8. The Balaban J connectivity index is 1.41. The van der Waals surface area contributed by atoms with Gasteiger partial charge in [-0.25, -0.2) is 15.0 Å². The Labute approximate surface area is 146 Å². The van der Waals surface area contributed by atoms with E-state index in [-0.39, 0.29) is 0 Å². The summed E-state index contributed by atoms with van der Waals surface area (Å²) in [6.07, 6.45) is 3.92. The largest absolute Gasteiger partial charge is 0.291 e. The summed E-state index contributed by atoms with van der Waals surface area (Å²) >= 11 is 1.76. The predicted molar refractivity (Wildman–Crippen MR) is 95.9 cm³/mol. The van der Waals surface area contributed by atoms with Crippen LogP contribution in [0.15, 0.2) is 41.9 Å². The van der Waals surface area contributed by atoms with Crippen molar-refractivity contribution in [2.24, 2.45) is 0 Å². The molecule has 0 bridgehead atoms. The number of hydrogen-bond acceptors (Lipinski definition) is 5. The molecule has 5 heteroatoms. The van der Waals surface area contributed by atoms with Gasteiger partial charge in [0.25, 0.3) is 0 Å². The molecule has 24 heavy (non-hydrogen) atoms. The maximum absolute atomic E-state index is 4.82. The number of rotatable bonds is 4. The molecule has 4 nitrogen and oxygen atoms in total. The Morgan fingerprint density at radius 2 is 2.04 bits per heavy atom. The number of aromatic nitrogens is 3. The Bertz CT molecular complexity index is 828. The number of thiazole rings is 1. The van der Waals surface area contributed by atoms with Crippen molar-refractivity contribution >= 4 is 11.3 Å². The van der Waals surface area contributed by atoms with Crippen LogP contribution in [0, 0.1) is 6.92 Å². The molecule has 0 N–H and O–H groups in total. The third kappa shape index (κ3) is 3.52. The lowest BCUT2D eigenvalue weighted by atomic mass is 10.1. The smallest absolute Gasteiger partial charge is 0.125 e. The highest BCUT2D eigenvalue weighted by molar-refractivity contribution is 7.09. The van der Waals surface area contributed by atoms with Crippen LogP contribution in [-0.4, -0.2) is 26.4 Å². The van der Waals surface area contributed by atoms with E-state index in [1.165, 1.54) is 27.5 Å². The van der Waals surface area contributed by atoms with Gasteiger partial charge in [-0.2, -0.15) is 0 Å². The van der Waals surface area contributed by atoms with Gasteiger partial charge in [-0.1, -0.05) is 30.3 Å². The number of hydrogen-bond donors (Lipinski definition) is 0. The number of fused-ring (bicyclic) bond motifs is 1. The highest BCUT2D eigenvalue weighted by Gasteiger charge is 2.19. The minimum Gasteiger partial charge on any atom is -0.291 e. The first-order valence-electron chi connectivity index (χ1n) is 8.27. The van der Waals surface area contributed by atoms with Crippen molar-refractivity contribution in [1.29, 1.82) is 0 Å². The zero-order valence-electron chi connectivity index (χ0n) is 13.8. The van der Waals surface area contributed by atoms with Crippen LogP contribution in [0.3, 0.4) is 0 Å². The molecular weight excluding hydrogens is 316 g/mol. The molecular formula is C19H20N4S. The first kappa shape index (κ1) is 15.4. The van der Waals surface area contributed by atoms with Gasteiger partial charge < -0.3 is 0 Å². The van der Waals surface area contributed by atoms with E-state index in [1.807, 2.05) is 13.1 Å². The Kier molecular flexibility index (Phi) is 4.36. The molecule has 4 rings (SSSR count). The van der Waals surface area contributed by atoms with Crippen LogP contribution in [0.25, 0.3) is 0 Å². The molecule has 0 radical (unpaired) electrons. The van der Waals surface area contributed by atoms with Gasteiger partial charge in [-0.05, 0) is 24.5 Å². The quantitative estimate of drug-likeness (QED) is 0.732. The van der Waals surface area contributed by atoms with E-state index in [0.29, 0.717) is 0 Å². The van der Waals surface area contributed by atoms with Crippen LogP contribution in [0.1, 0.15) is 33.3 Å². The van der Waals surface area contributed by atoms with Crippen molar-refractivity contribution in [3.8, 4) is 0 Å². The molecule has 122 valence electrons. The zero-order chi connectivity index (χ0) is 16.4. The average molecular weight is 336 g/mol. The lowest BCUT2D eigenvalue weighted by Crippen LogP contribution is -2.31.